The maximum Gasteiger partial charge on any atom is 0.305 e. The Balaban J connectivity index is 3.42. The molecule has 0 saturated heterocycles. The highest BCUT2D eigenvalue weighted by Crippen LogP contribution is 2.19. The summed E-state index contributed by atoms with van der Waals surface area (Å²) in [5, 5.41) is 23.3. The van der Waals surface area contributed by atoms with Crippen molar-refractivity contribution in [1.82, 2.24) is 5.32 Å². The molecule has 0 aliphatic carbocycles. The maximum atomic E-state index is 12.6. The second kappa shape index (κ2) is 77.3. The summed E-state index contributed by atoms with van der Waals surface area (Å²) in [6.45, 7) is 4.93. The highest BCUT2D eigenvalue weighted by molar-refractivity contribution is 5.76. The number of carbonyl (C=O) groups is 2. The van der Waals surface area contributed by atoms with E-state index in [-0.39, 0.29) is 18.5 Å². The Morgan fingerprint density at radius 2 is 0.568 bits per heavy atom. The van der Waals surface area contributed by atoms with Crippen LogP contribution in [0.2, 0.25) is 0 Å². The number of allylic oxidation sites excluding steroid dienone is 7. The van der Waals surface area contributed by atoms with Gasteiger partial charge >= 0.3 is 5.97 Å². The van der Waals surface area contributed by atoms with Gasteiger partial charge in [-0.15, -0.1) is 0 Å². The van der Waals surface area contributed by atoms with Crippen LogP contribution in [0.5, 0.6) is 0 Å². The molecule has 3 N–H and O–H groups in total. The Labute approximate surface area is 550 Å². The van der Waals surface area contributed by atoms with Crippen LogP contribution >= 0.6 is 0 Å². The number of hydrogen-bond acceptors (Lipinski definition) is 5. The molecule has 0 fully saturated rings. The minimum Gasteiger partial charge on any atom is -0.466 e. The summed E-state index contributed by atoms with van der Waals surface area (Å²) in [5.41, 5.74) is 0. The Morgan fingerprint density at radius 3 is 0.875 bits per heavy atom. The third-order valence-corrected chi connectivity index (χ3v) is 18.6. The zero-order valence-electron chi connectivity index (χ0n) is 59.5. The fraction of sp³-hybridized carbons (Fsp3) is 0.878. The number of nitrogens with one attached hydrogen (secondary N) is 1. The van der Waals surface area contributed by atoms with Gasteiger partial charge in [0.05, 0.1) is 25.4 Å². The zero-order chi connectivity index (χ0) is 63.5. The molecule has 0 spiro atoms. The van der Waals surface area contributed by atoms with Crippen LogP contribution in [0, 0.1) is 0 Å². The van der Waals surface area contributed by atoms with Crippen LogP contribution in [0.15, 0.2) is 48.6 Å². The SMILES string of the molecule is CCCCCCCC/C=C\CCCCCCCC(=O)OCCCCCCCCCCC/C=C\C/C=C\CCCCCCCCCCCCCCCCCC(=O)NC(CO)C(O)/C=C/CCCCCCCCCCCCCCCCCCCCCCCCC. The van der Waals surface area contributed by atoms with Gasteiger partial charge in [-0.25, -0.2) is 0 Å². The van der Waals surface area contributed by atoms with E-state index in [9.17, 15) is 19.8 Å². The largest absolute Gasteiger partial charge is 0.466 e. The van der Waals surface area contributed by atoms with Gasteiger partial charge < -0.3 is 20.3 Å². The Bertz CT molecular complexity index is 1470. The number of aliphatic hydroxyl groups is 2. The number of aliphatic hydroxyl groups excluding tert-OH is 2. The van der Waals surface area contributed by atoms with E-state index in [1.807, 2.05) is 6.08 Å². The summed E-state index contributed by atoms with van der Waals surface area (Å²) in [6.07, 6.45) is 102. The second-order valence-electron chi connectivity index (χ2n) is 27.4. The molecule has 0 saturated carbocycles. The molecular formula is C82H155NO5. The lowest BCUT2D eigenvalue weighted by atomic mass is 10.0. The number of unbranched alkanes of at least 4 members (excludes halogenated alkanes) is 58. The first-order chi connectivity index (χ1) is 43.5. The molecule has 6 nitrogen and oxygen atoms in total. The summed E-state index contributed by atoms with van der Waals surface area (Å²) in [6, 6.07) is -0.630. The Hall–Kier alpha value is -2.18. The normalized spacial score (nSPS) is 12.7. The number of hydrogen-bond donors (Lipinski definition) is 3. The smallest absolute Gasteiger partial charge is 0.305 e. The van der Waals surface area contributed by atoms with E-state index in [0.717, 1.165) is 51.4 Å². The number of amides is 1. The molecule has 0 radical (unpaired) electrons. The molecule has 0 aromatic heterocycles. The van der Waals surface area contributed by atoms with E-state index in [2.05, 4.69) is 55.6 Å². The van der Waals surface area contributed by atoms with Crippen molar-refractivity contribution < 1.29 is 24.5 Å². The molecule has 1 amide bonds. The molecule has 0 aliphatic rings. The van der Waals surface area contributed by atoms with E-state index >= 15 is 0 Å². The van der Waals surface area contributed by atoms with Gasteiger partial charge in [0.25, 0.3) is 0 Å². The number of rotatable bonds is 75. The van der Waals surface area contributed by atoms with E-state index in [4.69, 9.17) is 4.74 Å². The minimum absolute atomic E-state index is 0.00547. The van der Waals surface area contributed by atoms with Gasteiger partial charge in [0.2, 0.25) is 5.91 Å². The van der Waals surface area contributed by atoms with Crippen LogP contribution in [0.25, 0.3) is 0 Å². The van der Waals surface area contributed by atoms with Crippen molar-refractivity contribution in [2.75, 3.05) is 13.2 Å². The highest BCUT2D eigenvalue weighted by Gasteiger charge is 2.18. The second-order valence-corrected chi connectivity index (χ2v) is 27.4. The lowest BCUT2D eigenvalue weighted by Gasteiger charge is -2.20. The highest BCUT2D eigenvalue weighted by atomic mass is 16.5. The fourth-order valence-electron chi connectivity index (χ4n) is 12.5. The van der Waals surface area contributed by atoms with Crippen molar-refractivity contribution in [3.8, 4) is 0 Å². The summed E-state index contributed by atoms with van der Waals surface area (Å²) in [4.78, 5) is 24.6. The minimum atomic E-state index is -0.847. The van der Waals surface area contributed by atoms with Gasteiger partial charge in [-0.05, 0) is 89.9 Å². The molecule has 88 heavy (non-hydrogen) atoms. The standard InChI is InChI=1S/C82H155NO5/c1-3-5-7-9-11-13-15-17-19-20-21-22-23-31-34-37-40-43-47-50-54-58-62-66-70-74-80(85)79(78-84)83-81(86)75-71-67-63-59-55-51-48-44-41-38-35-32-29-27-25-24-26-28-30-33-36-39-42-45-49-53-57-61-65-69-73-77-88-82(87)76-72-68-64-60-56-52-46-18-16-14-12-10-8-6-4-2/h18,26,28,33,36,46,70,74,79-80,84-85H,3-17,19-25,27,29-32,34-35,37-45,47-69,71-73,75-78H2,1-2H3,(H,83,86)/b28-26-,36-33-,46-18-,74-70+. The molecule has 6 heteroatoms. The first-order valence-corrected chi connectivity index (χ1v) is 39.9. The third-order valence-electron chi connectivity index (χ3n) is 18.6. The first-order valence-electron chi connectivity index (χ1n) is 39.9. The van der Waals surface area contributed by atoms with E-state index < -0.39 is 12.1 Å². The maximum absolute atomic E-state index is 12.6. The van der Waals surface area contributed by atoms with Gasteiger partial charge in [0.1, 0.15) is 0 Å². The van der Waals surface area contributed by atoms with Crippen molar-refractivity contribution in [2.45, 2.75) is 450 Å². The molecule has 0 aromatic carbocycles. The van der Waals surface area contributed by atoms with E-state index in [1.165, 1.54) is 360 Å². The monoisotopic (exact) mass is 1230 g/mol. The molecular weight excluding hydrogens is 1080 g/mol. The summed E-state index contributed by atoms with van der Waals surface area (Å²) in [5.74, 6) is -0.0573. The van der Waals surface area contributed by atoms with Gasteiger partial charge in [0, 0.05) is 12.8 Å². The molecule has 0 bridgehead atoms. The first kappa shape index (κ1) is 85.8. The van der Waals surface area contributed by atoms with Gasteiger partial charge in [-0.2, -0.15) is 0 Å². The number of esters is 1. The quantitative estimate of drug-likeness (QED) is 0.0320. The van der Waals surface area contributed by atoms with Gasteiger partial charge in [0.15, 0.2) is 0 Å². The predicted molar refractivity (Wildman–Crippen MR) is 389 cm³/mol. The molecule has 518 valence electrons. The van der Waals surface area contributed by atoms with Crippen LogP contribution in [0.1, 0.15) is 438 Å². The average Bonchev–Trinajstić information content (AvgIpc) is 3.58. The topological polar surface area (TPSA) is 95.9 Å². The number of carbonyl (C=O) groups excluding carboxylic acids is 2. The molecule has 0 aliphatic heterocycles. The van der Waals surface area contributed by atoms with Crippen molar-refractivity contribution in [1.29, 1.82) is 0 Å². The van der Waals surface area contributed by atoms with Crippen LogP contribution in [-0.4, -0.2) is 47.4 Å². The van der Waals surface area contributed by atoms with Crippen LogP contribution in [0.4, 0.5) is 0 Å². The lowest BCUT2D eigenvalue weighted by molar-refractivity contribution is -0.143. The van der Waals surface area contributed by atoms with Crippen LogP contribution in [0.3, 0.4) is 0 Å². The molecule has 0 aromatic rings. The van der Waals surface area contributed by atoms with E-state index in [1.54, 1.807) is 6.08 Å². The summed E-state index contributed by atoms with van der Waals surface area (Å²) in [7, 11) is 0. The fourth-order valence-corrected chi connectivity index (χ4v) is 12.5. The Morgan fingerprint density at radius 1 is 0.318 bits per heavy atom. The molecule has 0 heterocycles. The molecule has 0 rings (SSSR count). The summed E-state index contributed by atoms with van der Waals surface area (Å²) >= 11 is 0. The summed E-state index contributed by atoms with van der Waals surface area (Å²) < 4.78 is 5.49. The van der Waals surface area contributed by atoms with Gasteiger partial charge in [-0.1, -0.05) is 383 Å². The lowest BCUT2D eigenvalue weighted by Crippen LogP contribution is -2.45. The van der Waals surface area contributed by atoms with Crippen molar-refractivity contribution in [3.05, 3.63) is 48.6 Å². The van der Waals surface area contributed by atoms with Gasteiger partial charge in [-0.3, -0.25) is 9.59 Å². The number of ether oxygens (including phenoxy) is 1. The Kier molecular flexibility index (Phi) is 75.4. The predicted octanol–water partition coefficient (Wildman–Crippen LogP) is 26.4. The average molecular weight is 1240 g/mol. The van der Waals surface area contributed by atoms with Crippen molar-refractivity contribution in [2.24, 2.45) is 0 Å². The molecule has 2 unspecified atom stereocenters. The van der Waals surface area contributed by atoms with Crippen LogP contribution < -0.4 is 5.32 Å². The third kappa shape index (κ3) is 72.9. The van der Waals surface area contributed by atoms with E-state index in [0.29, 0.717) is 19.4 Å². The molecule has 2 atom stereocenters. The van der Waals surface area contributed by atoms with Crippen molar-refractivity contribution >= 4 is 11.9 Å². The zero-order valence-corrected chi connectivity index (χ0v) is 59.5. The van der Waals surface area contributed by atoms with Crippen molar-refractivity contribution in [3.63, 3.8) is 0 Å². The van der Waals surface area contributed by atoms with Crippen LogP contribution in [-0.2, 0) is 14.3 Å².